The van der Waals surface area contributed by atoms with Crippen LogP contribution in [0.3, 0.4) is 0 Å². The van der Waals surface area contributed by atoms with Gasteiger partial charge in [-0.2, -0.15) is 0 Å². The molecule has 0 spiro atoms. The van der Waals surface area contributed by atoms with Crippen LogP contribution in [-0.4, -0.2) is 46.6 Å². The Morgan fingerprint density at radius 2 is 2.00 bits per heavy atom. The first-order valence-corrected chi connectivity index (χ1v) is 14.0. The Morgan fingerprint density at radius 3 is 2.73 bits per heavy atom. The van der Waals surface area contributed by atoms with Gasteiger partial charge in [0.2, 0.25) is 0 Å². The molecule has 1 fully saturated rings. The number of ether oxygens (including phenoxy) is 1. The van der Waals surface area contributed by atoms with Crippen LogP contribution in [0, 0.1) is 24.7 Å². The third-order valence-electron chi connectivity index (χ3n) is 8.35. The predicted molar refractivity (Wildman–Crippen MR) is 150 cm³/mol. The molecule has 2 bridgehead atoms. The predicted octanol–water partition coefficient (Wildman–Crippen LogP) is 6.58. The van der Waals surface area contributed by atoms with Crippen molar-refractivity contribution in [2.45, 2.75) is 64.9 Å². The van der Waals surface area contributed by atoms with Crippen LogP contribution >= 0.6 is 0 Å². The van der Waals surface area contributed by atoms with Crippen molar-refractivity contribution in [3.8, 4) is 0 Å². The van der Waals surface area contributed by atoms with Gasteiger partial charge in [-0.25, -0.2) is 4.98 Å². The second-order valence-corrected chi connectivity index (χ2v) is 11.6. The van der Waals surface area contributed by atoms with Crippen molar-refractivity contribution in [1.82, 2.24) is 14.9 Å². The monoisotopic (exact) mass is 499 g/mol. The normalized spacial score (nSPS) is 23.1. The summed E-state index contributed by atoms with van der Waals surface area (Å²) in [5.41, 5.74) is 5.82. The number of aromatic amines is 1. The smallest absolute Gasteiger partial charge is 0.308 e. The molecule has 5 heteroatoms. The SMILES string of the molecule is Cc1cccc(C2=CC3CCC2CC3(CCN(C)CCCc2nc3ccccc3[nH]2)OC(=O)C(C)C)c1. The zero-order valence-corrected chi connectivity index (χ0v) is 22.8. The molecule has 3 aliphatic carbocycles. The molecular formula is C32H41N3O2. The van der Waals surface area contributed by atoms with Crippen molar-refractivity contribution in [3.05, 3.63) is 71.6 Å². The first kappa shape index (κ1) is 25.7. The van der Waals surface area contributed by atoms with Gasteiger partial charge in [-0.3, -0.25) is 4.79 Å². The minimum absolute atomic E-state index is 0.0643. The van der Waals surface area contributed by atoms with Gasteiger partial charge in [0.15, 0.2) is 0 Å². The lowest BCUT2D eigenvalue weighted by atomic mass is 9.60. The van der Waals surface area contributed by atoms with E-state index < -0.39 is 5.60 Å². The molecule has 0 radical (unpaired) electrons. The Balaban J connectivity index is 1.24. The molecular weight excluding hydrogens is 458 g/mol. The Labute approximate surface area is 221 Å². The third-order valence-corrected chi connectivity index (χ3v) is 8.35. The highest BCUT2D eigenvalue weighted by Gasteiger charge is 2.50. The number of benzene rings is 2. The first-order valence-electron chi connectivity index (χ1n) is 14.0. The summed E-state index contributed by atoms with van der Waals surface area (Å²) in [6, 6.07) is 17.0. The number of rotatable bonds is 10. The van der Waals surface area contributed by atoms with E-state index in [1.54, 1.807) is 0 Å². The molecule has 3 unspecified atom stereocenters. The van der Waals surface area contributed by atoms with Crippen molar-refractivity contribution >= 4 is 22.6 Å². The van der Waals surface area contributed by atoms with E-state index in [1.165, 1.54) is 23.1 Å². The highest BCUT2D eigenvalue weighted by atomic mass is 16.6. The maximum Gasteiger partial charge on any atom is 0.308 e. The number of esters is 1. The van der Waals surface area contributed by atoms with E-state index >= 15 is 0 Å². The molecule has 196 valence electrons. The molecule has 3 atom stereocenters. The number of imidazole rings is 1. The molecule has 0 saturated heterocycles. The maximum absolute atomic E-state index is 12.9. The van der Waals surface area contributed by atoms with E-state index in [9.17, 15) is 4.79 Å². The molecule has 1 N–H and O–H groups in total. The second-order valence-electron chi connectivity index (χ2n) is 11.6. The number of fused-ring (bicyclic) bond motifs is 3. The number of para-hydroxylation sites is 2. The summed E-state index contributed by atoms with van der Waals surface area (Å²) >= 11 is 0. The summed E-state index contributed by atoms with van der Waals surface area (Å²) in [4.78, 5) is 23.4. The first-order chi connectivity index (χ1) is 17.8. The summed E-state index contributed by atoms with van der Waals surface area (Å²) in [5, 5.41) is 0. The fourth-order valence-electron chi connectivity index (χ4n) is 6.23. The van der Waals surface area contributed by atoms with Gasteiger partial charge in [0.25, 0.3) is 0 Å². The molecule has 0 amide bonds. The van der Waals surface area contributed by atoms with E-state index in [1.807, 2.05) is 26.0 Å². The van der Waals surface area contributed by atoms with Gasteiger partial charge >= 0.3 is 5.97 Å². The lowest BCUT2D eigenvalue weighted by Crippen LogP contribution is -2.51. The number of hydrogen-bond acceptors (Lipinski definition) is 4. The van der Waals surface area contributed by atoms with Gasteiger partial charge in [-0.1, -0.05) is 61.9 Å². The van der Waals surface area contributed by atoms with Gasteiger partial charge in [0.05, 0.1) is 17.0 Å². The molecule has 37 heavy (non-hydrogen) atoms. The van der Waals surface area contributed by atoms with Gasteiger partial charge in [-0.15, -0.1) is 0 Å². The third kappa shape index (κ3) is 5.67. The van der Waals surface area contributed by atoms with Gasteiger partial charge in [-0.05, 0) is 75.4 Å². The summed E-state index contributed by atoms with van der Waals surface area (Å²) in [6.45, 7) is 7.95. The Morgan fingerprint density at radius 1 is 1.16 bits per heavy atom. The molecule has 2 aromatic carbocycles. The van der Waals surface area contributed by atoms with Crippen LogP contribution in [0.1, 0.15) is 62.9 Å². The Hall–Kier alpha value is -2.92. The summed E-state index contributed by atoms with van der Waals surface area (Å²) in [6.07, 6.45) is 8.51. The van der Waals surface area contributed by atoms with E-state index in [0.29, 0.717) is 5.92 Å². The van der Waals surface area contributed by atoms with Crippen LogP contribution in [0.5, 0.6) is 0 Å². The van der Waals surface area contributed by atoms with Gasteiger partial charge in [0.1, 0.15) is 11.4 Å². The molecule has 1 heterocycles. The summed E-state index contributed by atoms with van der Waals surface area (Å²) in [7, 11) is 2.19. The highest BCUT2D eigenvalue weighted by Crippen LogP contribution is 2.53. The quantitative estimate of drug-likeness (QED) is 0.320. The number of hydrogen-bond donors (Lipinski definition) is 1. The fraction of sp³-hybridized carbons (Fsp3) is 0.500. The van der Waals surface area contributed by atoms with E-state index in [-0.39, 0.29) is 17.8 Å². The van der Waals surface area contributed by atoms with E-state index in [2.05, 4.69) is 66.3 Å². The summed E-state index contributed by atoms with van der Waals surface area (Å²) < 4.78 is 6.41. The maximum atomic E-state index is 12.9. The number of carbonyl (C=O) groups excluding carboxylic acids is 1. The van der Waals surface area contributed by atoms with Crippen molar-refractivity contribution < 1.29 is 9.53 Å². The van der Waals surface area contributed by atoms with Crippen LogP contribution in [0.4, 0.5) is 0 Å². The Kier molecular flexibility index (Phi) is 7.52. The lowest BCUT2D eigenvalue weighted by Gasteiger charge is -2.50. The van der Waals surface area contributed by atoms with Crippen LogP contribution in [0.2, 0.25) is 0 Å². The lowest BCUT2D eigenvalue weighted by molar-refractivity contribution is -0.176. The van der Waals surface area contributed by atoms with Crippen LogP contribution in [-0.2, 0) is 16.0 Å². The average Bonchev–Trinajstić information content (AvgIpc) is 3.30. The number of nitrogens with one attached hydrogen (secondary N) is 1. The van der Waals surface area contributed by atoms with Crippen molar-refractivity contribution in [1.29, 1.82) is 0 Å². The molecule has 3 aliphatic rings. The van der Waals surface area contributed by atoms with Crippen molar-refractivity contribution in [3.63, 3.8) is 0 Å². The van der Waals surface area contributed by atoms with Gasteiger partial charge < -0.3 is 14.6 Å². The topological polar surface area (TPSA) is 58.2 Å². The standard InChI is InChI=1S/C32H41N3O2/c1-22(2)31(36)37-32(21-25-14-15-26(32)20-27(25)24-10-7-9-23(3)19-24)16-18-35(4)17-8-13-30-33-28-11-5-6-12-29(28)34-30/h5-7,9-12,19-20,22,25-26H,8,13-18,21H2,1-4H3,(H,33,34). The number of aryl methyl sites for hydroxylation is 2. The molecule has 0 aliphatic heterocycles. The zero-order chi connectivity index (χ0) is 26.0. The van der Waals surface area contributed by atoms with E-state index in [0.717, 1.165) is 62.1 Å². The largest absolute Gasteiger partial charge is 0.458 e. The molecule has 3 aromatic rings. The second kappa shape index (κ2) is 10.8. The minimum atomic E-state index is -0.398. The van der Waals surface area contributed by atoms with Crippen LogP contribution in [0.15, 0.2) is 54.6 Å². The number of carbonyl (C=O) groups is 1. The number of aromatic nitrogens is 2. The highest BCUT2D eigenvalue weighted by molar-refractivity contribution is 5.75. The molecule has 5 nitrogen and oxygen atoms in total. The van der Waals surface area contributed by atoms with Crippen LogP contribution in [0.25, 0.3) is 16.6 Å². The average molecular weight is 500 g/mol. The number of H-pyrrole nitrogens is 1. The molecule has 1 aromatic heterocycles. The number of nitrogens with zero attached hydrogens (tertiary/aromatic N) is 2. The van der Waals surface area contributed by atoms with Crippen molar-refractivity contribution in [2.75, 3.05) is 20.1 Å². The van der Waals surface area contributed by atoms with E-state index in [4.69, 9.17) is 9.72 Å². The fourth-order valence-corrected chi connectivity index (χ4v) is 6.23. The molecule has 6 rings (SSSR count). The van der Waals surface area contributed by atoms with Gasteiger partial charge in [0, 0.05) is 25.3 Å². The summed E-state index contributed by atoms with van der Waals surface area (Å²) in [5.74, 6) is 1.60. The minimum Gasteiger partial charge on any atom is -0.458 e. The van der Waals surface area contributed by atoms with Crippen LogP contribution < -0.4 is 0 Å². The Bertz CT molecular complexity index is 1240. The molecule has 1 saturated carbocycles. The van der Waals surface area contributed by atoms with Crippen molar-refractivity contribution in [2.24, 2.45) is 17.8 Å². The zero-order valence-electron chi connectivity index (χ0n) is 22.8. The number of allylic oxidation sites excluding steroid dienone is 1.